The van der Waals surface area contributed by atoms with E-state index in [-0.39, 0.29) is 11.3 Å². The molecule has 3 heterocycles. The van der Waals surface area contributed by atoms with Crippen molar-refractivity contribution in [2.45, 2.75) is 45.2 Å². The number of fused-ring (bicyclic) bond motifs is 1. The second-order valence-electron chi connectivity index (χ2n) is 6.88. The van der Waals surface area contributed by atoms with Crippen LogP contribution in [0.2, 0.25) is 5.28 Å². The first kappa shape index (κ1) is 16.8. The first-order chi connectivity index (χ1) is 12.1. The van der Waals surface area contributed by atoms with Crippen molar-refractivity contribution in [1.82, 2.24) is 14.6 Å². The van der Waals surface area contributed by atoms with E-state index in [9.17, 15) is 0 Å². The maximum absolute atomic E-state index is 6.38. The van der Waals surface area contributed by atoms with Crippen LogP contribution in [-0.2, 0) is 13.0 Å². The lowest BCUT2D eigenvalue weighted by atomic mass is 10.0. The Morgan fingerprint density at radius 1 is 1.48 bits per heavy atom. The lowest BCUT2D eigenvalue weighted by Gasteiger charge is -2.12. The highest BCUT2D eigenvalue weighted by Crippen LogP contribution is 2.34. The van der Waals surface area contributed by atoms with Crippen molar-refractivity contribution in [3.05, 3.63) is 45.0 Å². The Labute approximate surface area is 156 Å². The van der Waals surface area contributed by atoms with E-state index in [1.807, 2.05) is 17.5 Å². The van der Waals surface area contributed by atoms with Crippen LogP contribution in [0.4, 0.5) is 5.82 Å². The van der Waals surface area contributed by atoms with Crippen LogP contribution < -0.4 is 11.1 Å². The number of thiophene rings is 1. The Morgan fingerprint density at radius 2 is 2.32 bits per heavy atom. The number of anilines is 1. The molecule has 25 heavy (non-hydrogen) atoms. The molecule has 1 atom stereocenters. The lowest BCUT2D eigenvalue weighted by molar-refractivity contribution is 0.568. The van der Waals surface area contributed by atoms with Crippen molar-refractivity contribution in [2.24, 2.45) is 11.7 Å². The van der Waals surface area contributed by atoms with Crippen LogP contribution >= 0.6 is 22.9 Å². The molecule has 3 N–H and O–H groups in total. The van der Waals surface area contributed by atoms with Gasteiger partial charge in [-0.25, -0.2) is 4.52 Å². The zero-order valence-corrected chi connectivity index (χ0v) is 15.8. The maximum Gasteiger partial charge on any atom is 0.243 e. The molecule has 1 saturated carbocycles. The van der Waals surface area contributed by atoms with Crippen LogP contribution in [0.25, 0.3) is 5.52 Å². The van der Waals surface area contributed by atoms with Gasteiger partial charge in [0, 0.05) is 16.6 Å². The minimum Gasteiger partial charge on any atom is -0.363 e. The number of nitrogens with two attached hydrogens (primary N) is 1. The number of nitrogens with one attached hydrogen (secondary N) is 1. The van der Waals surface area contributed by atoms with Crippen LogP contribution in [0.1, 0.15) is 35.4 Å². The zero-order chi connectivity index (χ0) is 17.4. The second-order valence-corrected chi connectivity index (χ2v) is 8.25. The molecular weight excluding hydrogens is 354 g/mol. The van der Waals surface area contributed by atoms with Crippen LogP contribution in [0.15, 0.2) is 23.6 Å². The normalized spacial score (nSPS) is 15.6. The summed E-state index contributed by atoms with van der Waals surface area (Å²) in [6.45, 7) is 2.76. The van der Waals surface area contributed by atoms with Crippen molar-refractivity contribution >= 4 is 34.3 Å². The SMILES string of the molecule is Cc1cc(CC(N)CC2CC2)c2c(NCc3cccs3)nc(Cl)nn12. The smallest absolute Gasteiger partial charge is 0.243 e. The van der Waals surface area contributed by atoms with Gasteiger partial charge in [0.25, 0.3) is 0 Å². The highest BCUT2D eigenvalue weighted by atomic mass is 35.5. The van der Waals surface area contributed by atoms with Crippen molar-refractivity contribution in [3.8, 4) is 0 Å². The fraction of sp³-hybridized carbons (Fsp3) is 0.444. The van der Waals surface area contributed by atoms with Crippen molar-refractivity contribution in [3.63, 3.8) is 0 Å². The van der Waals surface area contributed by atoms with E-state index in [0.717, 1.165) is 42.3 Å². The molecule has 1 aliphatic carbocycles. The topological polar surface area (TPSA) is 68.2 Å². The molecule has 3 aromatic heterocycles. The summed E-state index contributed by atoms with van der Waals surface area (Å²) in [7, 11) is 0. The van der Waals surface area contributed by atoms with Gasteiger partial charge in [0.2, 0.25) is 5.28 Å². The van der Waals surface area contributed by atoms with Gasteiger partial charge < -0.3 is 11.1 Å². The number of halogens is 1. The number of hydrogen-bond acceptors (Lipinski definition) is 5. The van der Waals surface area contributed by atoms with Crippen molar-refractivity contribution in [1.29, 1.82) is 0 Å². The number of nitrogens with zero attached hydrogens (tertiary/aromatic N) is 3. The molecule has 1 fully saturated rings. The van der Waals surface area contributed by atoms with Crippen LogP contribution in [-0.4, -0.2) is 20.6 Å². The molecule has 0 bridgehead atoms. The fourth-order valence-electron chi connectivity index (χ4n) is 3.34. The summed E-state index contributed by atoms with van der Waals surface area (Å²) in [6.07, 6.45) is 4.60. The van der Waals surface area contributed by atoms with E-state index in [4.69, 9.17) is 17.3 Å². The molecule has 4 rings (SSSR count). The average Bonchev–Trinajstić information content (AvgIpc) is 3.11. The van der Waals surface area contributed by atoms with Crippen LogP contribution in [0.3, 0.4) is 0 Å². The van der Waals surface area contributed by atoms with Gasteiger partial charge in [-0.2, -0.15) is 4.98 Å². The molecule has 0 spiro atoms. The minimum atomic E-state index is 0.180. The molecule has 0 radical (unpaired) electrons. The van der Waals surface area contributed by atoms with Gasteiger partial charge in [0.15, 0.2) is 5.82 Å². The third kappa shape index (κ3) is 3.81. The molecule has 0 saturated heterocycles. The minimum absolute atomic E-state index is 0.180. The number of hydrogen-bond donors (Lipinski definition) is 2. The molecule has 7 heteroatoms. The molecule has 5 nitrogen and oxygen atoms in total. The molecule has 0 amide bonds. The summed E-state index contributed by atoms with van der Waals surface area (Å²) in [5, 5.41) is 10.1. The first-order valence-electron chi connectivity index (χ1n) is 8.66. The Hall–Kier alpha value is -1.63. The van der Waals surface area contributed by atoms with E-state index < -0.39 is 0 Å². The molecular formula is C18H22ClN5S. The fourth-order valence-corrected chi connectivity index (χ4v) is 4.14. The predicted molar refractivity (Wildman–Crippen MR) is 103 cm³/mol. The standard InChI is InChI=1S/C18H22ClN5S/c1-11-7-13(9-14(20)8-12-4-5-12)16-17(22-18(19)23-24(11)16)21-10-15-3-2-6-25-15/h2-3,6-7,12,14H,4-5,8-10,20H2,1H3,(H,21,22,23). The van der Waals surface area contributed by atoms with Gasteiger partial charge in [-0.1, -0.05) is 18.9 Å². The van der Waals surface area contributed by atoms with Crippen molar-refractivity contribution < 1.29 is 0 Å². The maximum atomic E-state index is 6.38. The summed E-state index contributed by atoms with van der Waals surface area (Å²) >= 11 is 7.86. The van der Waals surface area contributed by atoms with Crippen LogP contribution in [0.5, 0.6) is 0 Å². The van der Waals surface area contributed by atoms with E-state index in [1.54, 1.807) is 11.3 Å². The highest BCUT2D eigenvalue weighted by molar-refractivity contribution is 7.09. The van der Waals surface area contributed by atoms with Gasteiger partial charge in [0.1, 0.15) is 5.52 Å². The van der Waals surface area contributed by atoms with E-state index in [2.05, 4.69) is 32.9 Å². The van der Waals surface area contributed by atoms with Gasteiger partial charge >= 0.3 is 0 Å². The molecule has 1 unspecified atom stereocenters. The monoisotopic (exact) mass is 375 g/mol. The van der Waals surface area contributed by atoms with Crippen molar-refractivity contribution in [2.75, 3.05) is 5.32 Å². The quantitative estimate of drug-likeness (QED) is 0.654. The Morgan fingerprint density at radius 3 is 3.04 bits per heavy atom. The largest absolute Gasteiger partial charge is 0.363 e. The number of aryl methyl sites for hydroxylation is 1. The van der Waals surface area contributed by atoms with E-state index in [0.29, 0.717) is 0 Å². The molecule has 132 valence electrons. The van der Waals surface area contributed by atoms with Gasteiger partial charge in [-0.15, -0.1) is 16.4 Å². The number of rotatable bonds is 7. The molecule has 0 aromatic carbocycles. The molecule has 1 aliphatic rings. The van der Waals surface area contributed by atoms with Gasteiger partial charge in [-0.3, -0.25) is 0 Å². The average molecular weight is 376 g/mol. The third-order valence-corrected chi connectivity index (χ3v) is 5.71. The van der Waals surface area contributed by atoms with Gasteiger partial charge in [0.05, 0.1) is 6.54 Å². The highest BCUT2D eigenvalue weighted by Gasteiger charge is 2.25. The third-order valence-electron chi connectivity index (χ3n) is 4.67. The van der Waals surface area contributed by atoms with E-state index >= 15 is 0 Å². The first-order valence-corrected chi connectivity index (χ1v) is 9.92. The Kier molecular flexibility index (Phi) is 4.67. The zero-order valence-electron chi connectivity index (χ0n) is 14.2. The Balaban J connectivity index is 1.64. The summed E-state index contributed by atoms with van der Waals surface area (Å²) in [6, 6.07) is 6.49. The summed E-state index contributed by atoms with van der Waals surface area (Å²) in [4.78, 5) is 5.69. The predicted octanol–water partition coefficient (Wildman–Crippen LogP) is 4.03. The lowest BCUT2D eigenvalue weighted by Crippen LogP contribution is -2.23. The summed E-state index contributed by atoms with van der Waals surface area (Å²) in [5.41, 5.74) is 9.61. The molecule has 0 aliphatic heterocycles. The second kappa shape index (κ2) is 6.94. The van der Waals surface area contributed by atoms with Gasteiger partial charge in [-0.05, 0) is 60.4 Å². The summed E-state index contributed by atoms with van der Waals surface area (Å²) in [5.74, 6) is 1.60. The Bertz CT molecular complexity index is 869. The summed E-state index contributed by atoms with van der Waals surface area (Å²) < 4.78 is 1.88. The van der Waals surface area contributed by atoms with E-state index in [1.165, 1.54) is 23.3 Å². The molecule has 3 aromatic rings. The van der Waals surface area contributed by atoms with Crippen LogP contribution in [0, 0.1) is 12.8 Å². The number of aromatic nitrogens is 3.